The van der Waals surface area contributed by atoms with Gasteiger partial charge in [0, 0.05) is 12.5 Å². The lowest BCUT2D eigenvalue weighted by molar-refractivity contribution is -0.137. The zero-order chi connectivity index (χ0) is 18.1. The minimum absolute atomic E-state index is 0.0348. The first-order valence-electron chi connectivity index (χ1n) is 8.24. The van der Waals surface area contributed by atoms with Gasteiger partial charge in [0.15, 0.2) is 0 Å². The first-order chi connectivity index (χ1) is 12.1. The monoisotopic (exact) mass is 357 g/mol. The molecule has 0 saturated carbocycles. The smallest absolute Gasteiger partial charge is 0.303 e. The van der Waals surface area contributed by atoms with E-state index in [1.165, 1.54) is 11.8 Å². The highest BCUT2D eigenvalue weighted by molar-refractivity contribution is 7.99. The maximum atomic E-state index is 12.7. The molecule has 0 heterocycles. The van der Waals surface area contributed by atoms with Crippen molar-refractivity contribution in [3.63, 3.8) is 0 Å². The van der Waals surface area contributed by atoms with Crippen molar-refractivity contribution < 1.29 is 14.7 Å². The average Bonchev–Trinajstić information content (AvgIpc) is 2.62. The summed E-state index contributed by atoms with van der Waals surface area (Å²) in [6.45, 7) is 0. The summed E-state index contributed by atoms with van der Waals surface area (Å²) in [4.78, 5) is 23.7. The van der Waals surface area contributed by atoms with E-state index in [4.69, 9.17) is 5.11 Å². The van der Waals surface area contributed by atoms with Crippen LogP contribution in [0.1, 0.15) is 29.2 Å². The van der Waals surface area contributed by atoms with Crippen molar-refractivity contribution >= 4 is 23.6 Å². The molecule has 1 amide bonds. The summed E-state index contributed by atoms with van der Waals surface area (Å²) in [5.74, 6) is -0.929. The molecule has 5 heteroatoms. The molecular weight excluding hydrogens is 334 g/mol. The summed E-state index contributed by atoms with van der Waals surface area (Å²) in [5, 5.41) is 11.7. The molecule has 132 valence electrons. The van der Waals surface area contributed by atoms with E-state index < -0.39 is 5.97 Å². The number of carboxylic acid groups (broad SMARTS) is 1. The van der Waals surface area contributed by atoms with Crippen LogP contribution in [0.4, 0.5) is 0 Å². The van der Waals surface area contributed by atoms with Crippen LogP contribution in [-0.2, 0) is 16.0 Å². The first-order valence-corrected chi connectivity index (χ1v) is 9.52. The summed E-state index contributed by atoms with van der Waals surface area (Å²) >= 11 is 1.48. The van der Waals surface area contributed by atoms with E-state index in [1.54, 1.807) is 0 Å². The maximum absolute atomic E-state index is 12.7. The highest BCUT2D eigenvalue weighted by atomic mass is 32.2. The van der Waals surface area contributed by atoms with Crippen LogP contribution in [0.2, 0.25) is 0 Å². The van der Waals surface area contributed by atoms with Crippen molar-refractivity contribution in [1.29, 1.82) is 0 Å². The van der Waals surface area contributed by atoms with Crippen molar-refractivity contribution in [2.75, 3.05) is 6.26 Å². The number of hydrogen-bond acceptors (Lipinski definition) is 3. The van der Waals surface area contributed by atoms with Crippen LogP contribution in [0.15, 0.2) is 60.7 Å². The number of aliphatic carboxylic acids is 1. The van der Waals surface area contributed by atoms with E-state index in [2.05, 4.69) is 5.32 Å². The Balaban J connectivity index is 2.08. The molecule has 2 aromatic carbocycles. The van der Waals surface area contributed by atoms with Crippen LogP contribution >= 0.6 is 11.8 Å². The van der Waals surface area contributed by atoms with Crippen LogP contribution in [0, 0.1) is 0 Å². The van der Waals surface area contributed by atoms with Crippen LogP contribution in [0.5, 0.6) is 0 Å². The third-order valence-electron chi connectivity index (χ3n) is 3.95. The van der Waals surface area contributed by atoms with E-state index in [1.807, 2.05) is 66.9 Å². The minimum atomic E-state index is -0.850. The van der Waals surface area contributed by atoms with Gasteiger partial charge in [0.2, 0.25) is 5.91 Å². The van der Waals surface area contributed by atoms with E-state index in [0.717, 1.165) is 11.1 Å². The number of hydrogen-bond donors (Lipinski definition) is 2. The van der Waals surface area contributed by atoms with Gasteiger partial charge >= 0.3 is 5.97 Å². The van der Waals surface area contributed by atoms with E-state index >= 15 is 0 Å². The minimum Gasteiger partial charge on any atom is -0.481 e. The third kappa shape index (κ3) is 6.27. The molecule has 25 heavy (non-hydrogen) atoms. The van der Waals surface area contributed by atoms with Crippen LogP contribution in [-0.4, -0.2) is 29.3 Å². The number of rotatable bonds is 9. The van der Waals surface area contributed by atoms with Gasteiger partial charge in [-0.3, -0.25) is 9.59 Å². The van der Waals surface area contributed by atoms with Gasteiger partial charge in [-0.05, 0) is 30.2 Å². The number of thioether (sulfide) groups is 1. The molecule has 2 N–H and O–H groups in total. The standard InChI is InChI=1S/C20H23NO3S/c1-25-19(16-10-6-3-7-11-16)20(24)21-17(12-13-18(22)23)14-15-8-4-2-5-9-15/h2-11,17,19H,12-14H2,1H3,(H,21,24)(H,22,23). The van der Waals surface area contributed by atoms with E-state index in [-0.39, 0.29) is 23.6 Å². The Bertz CT molecular complexity index is 676. The second-order valence-electron chi connectivity index (χ2n) is 5.85. The lowest BCUT2D eigenvalue weighted by Crippen LogP contribution is -2.39. The highest BCUT2D eigenvalue weighted by Crippen LogP contribution is 2.27. The molecule has 2 rings (SSSR count). The second kappa shape index (κ2) is 9.89. The average molecular weight is 357 g/mol. The topological polar surface area (TPSA) is 66.4 Å². The fourth-order valence-corrected chi connectivity index (χ4v) is 3.43. The number of nitrogens with one attached hydrogen (secondary N) is 1. The van der Waals surface area contributed by atoms with Crippen LogP contribution in [0.25, 0.3) is 0 Å². The van der Waals surface area contributed by atoms with Crippen molar-refractivity contribution in [2.45, 2.75) is 30.6 Å². The van der Waals surface area contributed by atoms with Gasteiger partial charge < -0.3 is 10.4 Å². The fourth-order valence-electron chi connectivity index (χ4n) is 2.72. The molecule has 2 unspecified atom stereocenters. The lowest BCUT2D eigenvalue weighted by atomic mass is 10.0. The molecule has 2 atom stereocenters. The summed E-state index contributed by atoms with van der Waals surface area (Å²) < 4.78 is 0. The van der Waals surface area contributed by atoms with Crippen LogP contribution < -0.4 is 5.32 Å². The quantitative estimate of drug-likeness (QED) is 0.718. The number of benzene rings is 2. The SMILES string of the molecule is CSC(C(=O)NC(CCC(=O)O)Cc1ccccc1)c1ccccc1. The zero-order valence-corrected chi connectivity index (χ0v) is 15.0. The van der Waals surface area contributed by atoms with Crippen molar-refractivity contribution in [3.8, 4) is 0 Å². The van der Waals surface area contributed by atoms with Gasteiger partial charge in [0.25, 0.3) is 0 Å². The summed E-state index contributed by atoms with van der Waals surface area (Å²) in [5.41, 5.74) is 2.03. The molecule has 4 nitrogen and oxygen atoms in total. The summed E-state index contributed by atoms with van der Waals surface area (Å²) in [6, 6.07) is 19.2. The Morgan fingerprint density at radius 2 is 1.64 bits per heavy atom. The van der Waals surface area contributed by atoms with Gasteiger partial charge in [-0.25, -0.2) is 0 Å². The van der Waals surface area contributed by atoms with Gasteiger partial charge in [0.05, 0.1) is 0 Å². The second-order valence-corrected chi connectivity index (χ2v) is 6.80. The Hall–Kier alpha value is -2.27. The van der Waals surface area contributed by atoms with Crippen molar-refractivity contribution in [3.05, 3.63) is 71.8 Å². The third-order valence-corrected chi connectivity index (χ3v) is 4.91. The predicted molar refractivity (Wildman–Crippen MR) is 102 cm³/mol. The zero-order valence-electron chi connectivity index (χ0n) is 14.2. The predicted octanol–water partition coefficient (Wildman–Crippen LogP) is 3.68. The first kappa shape index (κ1) is 19.1. The maximum Gasteiger partial charge on any atom is 0.303 e. The Labute approximate surface area is 152 Å². The molecule has 0 aromatic heterocycles. The molecule has 2 aromatic rings. The van der Waals surface area contributed by atoms with Gasteiger partial charge in [-0.1, -0.05) is 60.7 Å². The number of carbonyl (C=O) groups is 2. The van der Waals surface area contributed by atoms with E-state index in [9.17, 15) is 9.59 Å². The molecule has 0 aliphatic rings. The number of carboxylic acids is 1. The van der Waals surface area contributed by atoms with Gasteiger partial charge in [0.1, 0.15) is 5.25 Å². The molecule has 0 aliphatic heterocycles. The molecule has 0 radical (unpaired) electrons. The van der Waals surface area contributed by atoms with E-state index in [0.29, 0.717) is 12.8 Å². The Kier molecular flexibility index (Phi) is 7.54. The van der Waals surface area contributed by atoms with Crippen LogP contribution in [0.3, 0.4) is 0 Å². The lowest BCUT2D eigenvalue weighted by Gasteiger charge is -2.22. The van der Waals surface area contributed by atoms with Gasteiger partial charge in [-0.15, -0.1) is 11.8 Å². The van der Waals surface area contributed by atoms with Gasteiger partial charge in [-0.2, -0.15) is 0 Å². The molecule has 0 spiro atoms. The van der Waals surface area contributed by atoms with Crippen molar-refractivity contribution in [1.82, 2.24) is 5.32 Å². The Morgan fingerprint density at radius 3 is 2.20 bits per heavy atom. The Morgan fingerprint density at radius 1 is 1.04 bits per heavy atom. The molecule has 0 saturated heterocycles. The largest absolute Gasteiger partial charge is 0.481 e. The van der Waals surface area contributed by atoms with Crippen molar-refractivity contribution in [2.24, 2.45) is 0 Å². The molecule has 0 bridgehead atoms. The fraction of sp³-hybridized carbons (Fsp3) is 0.300. The molecule has 0 fully saturated rings. The number of amides is 1. The summed E-state index contributed by atoms with van der Waals surface area (Å²) in [7, 11) is 0. The normalized spacial score (nSPS) is 13.0. The molecular formula is C20H23NO3S. The molecule has 0 aliphatic carbocycles. The highest BCUT2D eigenvalue weighted by Gasteiger charge is 2.22. The summed E-state index contributed by atoms with van der Waals surface area (Å²) in [6.07, 6.45) is 2.97. The number of carbonyl (C=O) groups excluding carboxylic acids is 1.